The fourth-order valence-electron chi connectivity index (χ4n) is 1.13. The number of hydrogen-bond donors (Lipinski definition) is 2. The van der Waals surface area contributed by atoms with E-state index in [1.54, 1.807) is 24.3 Å². The molecule has 0 amide bonds. The number of hydrogen-bond acceptors (Lipinski definition) is 3. The van der Waals surface area contributed by atoms with Crippen LogP contribution in [0.1, 0.15) is 0 Å². The van der Waals surface area contributed by atoms with Gasteiger partial charge < -0.3 is 10.9 Å². The molecule has 1 rings (SSSR count). The molecule has 1 unspecified atom stereocenters. The first kappa shape index (κ1) is 15.0. The van der Waals surface area contributed by atoms with Crippen molar-refractivity contribution in [3.8, 4) is 0 Å². The van der Waals surface area contributed by atoms with Crippen molar-refractivity contribution in [3.63, 3.8) is 0 Å². The molecule has 3 nitrogen and oxygen atoms in total. The second kappa shape index (κ2) is 6.19. The van der Waals surface area contributed by atoms with Gasteiger partial charge in [0.2, 0.25) is 0 Å². The van der Waals surface area contributed by atoms with Crippen LogP contribution in [0.3, 0.4) is 0 Å². The Labute approximate surface area is 111 Å². The zero-order chi connectivity index (χ0) is 13.8. The highest BCUT2D eigenvalue weighted by atomic mass is 35.5. The summed E-state index contributed by atoms with van der Waals surface area (Å²) in [7, 11) is 0. The molecule has 0 aliphatic rings. The highest BCUT2D eigenvalue weighted by molar-refractivity contribution is 7.99. The lowest BCUT2D eigenvalue weighted by atomic mass is 10.1. The van der Waals surface area contributed by atoms with Gasteiger partial charge in [-0.25, -0.2) is 0 Å². The fraction of sp³-hybridized carbons (Fsp3) is 0.300. The third-order valence-electron chi connectivity index (χ3n) is 2.10. The normalized spacial score (nSPS) is 14.6. The molecule has 3 N–H and O–H groups in total. The van der Waals surface area contributed by atoms with Crippen molar-refractivity contribution in [3.05, 3.63) is 29.3 Å². The lowest BCUT2D eigenvalue weighted by Gasteiger charge is -2.18. The molecular formula is C10H10ClF3N2OS. The predicted molar refractivity (Wildman–Crippen MR) is 65.1 cm³/mol. The van der Waals surface area contributed by atoms with Gasteiger partial charge in [-0.1, -0.05) is 16.8 Å². The van der Waals surface area contributed by atoms with Crippen molar-refractivity contribution in [1.29, 1.82) is 0 Å². The zero-order valence-electron chi connectivity index (χ0n) is 8.99. The van der Waals surface area contributed by atoms with E-state index in [1.807, 2.05) is 0 Å². The first-order valence-corrected chi connectivity index (χ1v) is 6.13. The monoisotopic (exact) mass is 298 g/mol. The van der Waals surface area contributed by atoms with Gasteiger partial charge in [-0.15, -0.1) is 11.8 Å². The summed E-state index contributed by atoms with van der Waals surface area (Å²) in [5.74, 6) is -3.19. The summed E-state index contributed by atoms with van der Waals surface area (Å²) < 4.78 is 37.9. The van der Waals surface area contributed by atoms with Gasteiger partial charge in [0.1, 0.15) is 5.92 Å². The SMILES string of the molecule is N/C(=N/O)C(CSc1ccc(Cl)cc1)C(F)(F)F. The van der Waals surface area contributed by atoms with Crippen LogP contribution in [0.25, 0.3) is 0 Å². The summed E-state index contributed by atoms with van der Waals surface area (Å²) in [6.45, 7) is 0. The summed E-state index contributed by atoms with van der Waals surface area (Å²) >= 11 is 6.62. The molecular weight excluding hydrogens is 289 g/mol. The van der Waals surface area contributed by atoms with Crippen molar-refractivity contribution in [2.75, 3.05) is 5.75 Å². The van der Waals surface area contributed by atoms with Crippen LogP contribution in [-0.4, -0.2) is 23.0 Å². The summed E-state index contributed by atoms with van der Waals surface area (Å²) in [5, 5.41) is 11.3. The Morgan fingerprint density at radius 3 is 2.39 bits per heavy atom. The molecule has 0 heterocycles. The van der Waals surface area contributed by atoms with Crippen molar-refractivity contribution in [2.24, 2.45) is 16.8 Å². The second-order valence-electron chi connectivity index (χ2n) is 3.38. The quantitative estimate of drug-likeness (QED) is 0.295. The Hall–Kier alpha value is -1.08. The molecule has 1 aromatic rings. The molecule has 0 aliphatic heterocycles. The molecule has 100 valence electrons. The number of amidine groups is 1. The van der Waals surface area contributed by atoms with Crippen LogP contribution in [0.4, 0.5) is 13.2 Å². The summed E-state index contributed by atoms with van der Waals surface area (Å²) in [6.07, 6.45) is -4.55. The zero-order valence-corrected chi connectivity index (χ0v) is 10.6. The van der Waals surface area contributed by atoms with Gasteiger partial charge in [0.05, 0.1) is 0 Å². The molecule has 1 atom stereocenters. The first-order chi connectivity index (χ1) is 8.34. The second-order valence-corrected chi connectivity index (χ2v) is 4.91. The van der Waals surface area contributed by atoms with Gasteiger partial charge in [-0.2, -0.15) is 13.2 Å². The Bertz CT molecular complexity index is 422. The maximum Gasteiger partial charge on any atom is 0.399 e. The Morgan fingerprint density at radius 2 is 1.94 bits per heavy atom. The van der Waals surface area contributed by atoms with Crippen LogP contribution < -0.4 is 5.73 Å². The number of rotatable bonds is 4. The lowest BCUT2D eigenvalue weighted by molar-refractivity contribution is -0.150. The van der Waals surface area contributed by atoms with Gasteiger partial charge in [-0.3, -0.25) is 0 Å². The Morgan fingerprint density at radius 1 is 1.39 bits per heavy atom. The maximum absolute atomic E-state index is 12.6. The topological polar surface area (TPSA) is 58.6 Å². The van der Waals surface area contributed by atoms with Gasteiger partial charge in [0.25, 0.3) is 0 Å². The van der Waals surface area contributed by atoms with Crippen molar-refractivity contribution < 1.29 is 18.4 Å². The van der Waals surface area contributed by atoms with E-state index in [9.17, 15) is 13.2 Å². The minimum absolute atomic E-state index is 0.360. The van der Waals surface area contributed by atoms with Gasteiger partial charge >= 0.3 is 6.18 Å². The number of thioether (sulfide) groups is 1. The van der Waals surface area contributed by atoms with Crippen molar-refractivity contribution in [2.45, 2.75) is 11.1 Å². The number of nitrogens with zero attached hydrogens (tertiary/aromatic N) is 1. The average molecular weight is 299 g/mol. The molecule has 0 saturated heterocycles. The van der Waals surface area contributed by atoms with E-state index >= 15 is 0 Å². The van der Waals surface area contributed by atoms with Gasteiger partial charge in [0.15, 0.2) is 5.84 Å². The molecule has 0 spiro atoms. The highest BCUT2D eigenvalue weighted by Crippen LogP contribution is 2.32. The minimum atomic E-state index is -4.55. The Balaban J connectivity index is 2.71. The standard InChI is InChI=1S/C10H10ClF3N2OS/c11-6-1-3-7(4-2-6)18-5-8(9(15)16-17)10(12,13)14/h1-4,8,17H,5H2,(H2,15,16). The highest BCUT2D eigenvalue weighted by Gasteiger charge is 2.42. The van der Waals surface area contributed by atoms with Gasteiger partial charge in [0, 0.05) is 15.7 Å². The number of halogens is 4. The van der Waals surface area contributed by atoms with Crippen LogP contribution in [-0.2, 0) is 0 Å². The van der Waals surface area contributed by atoms with Crippen molar-refractivity contribution >= 4 is 29.2 Å². The largest absolute Gasteiger partial charge is 0.409 e. The van der Waals surface area contributed by atoms with Crippen LogP contribution in [0.5, 0.6) is 0 Å². The fourth-order valence-corrected chi connectivity index (χ4v) is 2.30. The summed E-state index contributed by atoms with van der Waals surface area (Å²) in [4.78, 5) is 0.624. The summed E-state index contributed by atoms with van der Waals surface area (Å²) in [6, 6.07) is 6.37. The molecule has 8 heteroatoms. The van der Waals surface area contributed by atoms with Gasteiger partial charge in [-0.05, 0) is 24.3 Å². The van der Waals surface area contributed by atoms with E-state index in [0.29, 0.717) is 9.92 Å². The summed E-state index contributed by atoms with van der Waals surface area (Å²) in [5.41, 5.74) is 5.04. The van der Waals surface area contributed by atoms with E-state index in [0.717, 1.165) is 11.8 Å². The van der Waals surface area contributed by atoms with E-state index < -0.39 is 17.9 Å². The van der Waals surface area contributed by atoms with Crippen LogP contribution in [0, 0.1) is 5.92 Å². The molecule has 0 fully saturated rings. The Kier molecular flexibility index (Phi) is 5.15. The smallest absolute Gasteiger partial charge is 0.399 e. The van der Waals surface area contributed by atoms with E-state index in [4.69, 9.17) is 22.5 Å². The van der Waals surface area contributed by atoms with Crippen LogP contribution in [0.15, 0.2) is 34.3 Å². The molecule has 0 aromatic heterocycles. The number of benzene rings is 1. The third kappa shape index (κ3) is 4.30. The number of alkyl halides is 3. The molecule has 0 bridgehead atoms. The van der Waals surface area contributed by atoms with E-state index in [1.165, 1.54) is 0 Å². The molecule has 0 aliphatic carbocycles. The molecule has 0 saturated carbocycles. The van der Waals surface area contributed by atoms with Crippen LogP contribution in [0.2, 0.25) is 5.02 Å². The predicted octanol–water partition coefficient (Wildman–Crippen LogP) is 3.36. The first-order valence-electron chi connectivity index (χ1n) is 4.77. The lowest BCUT2D eigenvalue weighted by Crippen LogP contribution is -2.37. The third-order valence-corrected chi connectivity index (χ3v) is 3.46. The molecule has 1 aromatic carbocycles. The molecule has 0 radical (unpaired) electrons. The van der Waals surface area contributed by atoms with E-state index in [-0.39, 0.29) is 5.75 Å². The average Bonchev–Trinajstić information content (AvgIpc) is 2.29. The van der Waals surface area contributed by atoms with E-state index in [2.05, 4.69) is 5.16 Å². The number of nitrogens with two attached hydrogens (primary N) is 1. The molecule has 18 heavy (non-hydrogen) atoms. The van der Waals surface area contributed by atoms with Crippen molar-refractivity contribution in [1.82, 2.24) is 0 Å². The minimum Gasteiger partial charge on any atom is -0.409 e. The van der Waals surface area contributed by atoms with Crippen LogP contribution >= 0.6 is 23.4 Å². The maximum atomic E-state index is 12.6. The number of oxime groups is 1.